The van der Waals surface area contributed by atoms with Gasteiger partial charge in [-0.05, 0) is 25.2 Å². The van der Waals surface area contributed by atoms with Crippen molar-refractivity contribution >= 4 is 12.1 Å². The van der Waals surface area contributed by atoms with Crippen LogP contribution in [0.15, 0.2) is 12.2 Å². The molecular formula is C11H15NO4. The number of ether oxygens (including phenoxy) is 1. The van der Waals surface area contributed by atoms with Gasteiger partial charge in [-0.2, -0.15) is 0 Å². The lowest BCUT2D eigenvalue weighted by molar-refractivity contribution is -0.137. The van der Waals surface area contributed by atoms with Gasteiger partial charge in [0.2, 0.25) is 0 Å². The summed E-state index contributed by atoms with van der Waals surface area (Å²) < 4.78 is 4.75. The number of carbonyl (C=O) groups excluding carboxylic acids is 1. The quantitative estimate of drug-likeness (QED) is 0.577. The maximum Gasteiger partial charge on any atom is 0.407 e. The maximum absolute atomic E-state index is 11.1. The average Bonchev–Trinajstić information content (AvgIpc) is 2.89. The first kappa shape index (κ1) is 11.0. The third kappa shape index (κ3) is 2.03. The van der Waals surface area contributed by atoms with E-state index < -0.39 is 12.1 Å². The van der Waals surface area contributed by atoms with Crippen LogP contribution in [-0.2, 0) is 9.53 Å². The van der Waals surface area contributed by atoms with Crippen molar-refractivity contribution in [3.63, 3.8) is 0 Å². The predicted molar refractivity (Wildman–Crippen MR) is 55.9 cm³/mol. The second-order valence-electron chi connectivity index (χ2n) is 4.20. The molecule has 5 heteroatoms. The van der Waals surface area contributed by atoms with Crippen molar-refractivity contribution in [2.75, 3.05) is 13.2 Å². The Morgan fingerprint density at radius 1 is 1.56 bits per heavy atom. The molecule has 0 aromatic heterocycles. The minimum absolute atomic E-state index is 0.146. The average molecular weight is 225 g/mol. The third-order valence-electron chi connectivity index (χ3n) is 3.17. The van der Waals surface area contributed by atoms with Crippen LogP contribution in [0, 0.1) is 11.8 Å². The molecule has 5 nitrogen and oxygen atoms in total. The topological polar surface area (TPSA) is 66.8 Å². The monoisotopic (exact) mass is 225 g/mol. The Kier molecular flexibility index (Phi) is 2.85. The fourth-order valence-corrected chi connectivity index (χ4v) is 2.32. The first-order valence-electron chi connectivity index (χ1n) is 5.48. The normalized spacial score (nSPS) is 31.6. The van der Waals surface area contributed by atoms with E-state index in [1.165, 1.54) is 11.0 Å². The van der Waals surface area contributed by atoms with Gasteiger partial charge in [-0.1, -0.05) is 6.08 Å². The Hall–Kier alpha value is -1.52. The van der Waals surface area contributed by atoms with Gasteiger partial charge in [-0.25, -0.2) is 9.59 Å². The van der Waals surface area contributed by atoms with Crippen molar-refractivity contribution in [1.29, 1.82) is 0 Å². The summed E-state index contributed by atoms with van der Waals surface area (Å²) in [6, 6.07) is -0.146. The molecule has 2 aliphatic rings. The number of esters is 1. The molecule has 0 aromatic rings. The van der Waals surface area contributed by atoms with Gasteiger partial charge in [0.1, 0.15) is 0 Å². The maximum atomic E-state index is 11.1. The molecule has 88 valence electrons. The fraction of sp³-hybridized carbons (Fsp3) is 0.636. The fourth-order valence-electron chi connectivity index (χ4n) is 2.32. The van der Waals surface area contributed by atoms with Gasteiger partial charge in [0.05, 0.1) is 12.6 Å². The Bertz CT molecular complexity index is 339. The molecule has 0 aromatic carbocycles. The lowest BCUT2D eigenvalue weighted by atomic mass is 10.2. The van der Waals surface area contributed by atoms with E-state index in [4.69, 9.17) is 9.84 Å². The first-order valence-corrected chi connectivity index (χ1v) is 5.48. The van der Waals surface area contributed by atoms with Crippen LogP contribution < -0.4 is 0 Å². The molecule has 0 bridgehead atoms. The molecule has 3 atom stereocenters. The van der Waals surface area contributed by atoms with Crippen LogP contribution in [0.4, 0.5) is 4.79 Å². The molecule has 1 N–H and O–H groups in total. The van der Waals surface area contributed by atoms with Crippen LogP contribution in [-0.4, -0.2) is 41.3 Å². The Morgan fingerprint density at radius 2 is 2.31 bits per heavy atom. The molecule has 1 aliphatic carbocycles. The predicted octanol–water partition coefficient (Wildman–Crippen LogP) is 1.10. The molecule has 0 radical (unpaired) electrons. The van der Waals surface area contributed by atoms with Gasteiger partial charge >= 0.3 is 12.1 Å². The number of likely N-dealkylation sites (tertiary alicyclic amines) is 1. The molecular weight excluding hydrogens is 210 g/mol. The minimum Gasteiger partial charge on any atom is -0.465 e. The lowest BCUT2D eigenvalue weighted by Crippen LogP contribution is -2.36. The largest absolute Gasteiger partial charge is 0.465 e. The summed E-state index contributed by atoms with van der Waals surface area (Å²) in [6.45, 7) is 2.67. The van der Waals surface area contributed by atoms with Crippen LogP contribution in [0.5, 0.6) is 0 Å². The number of rotatable bonds is 3. The molecule has 2 rings (SSSR count). The third-order valence-corrected chi connectivity index (χ3v) is 3.17. The molecule has 1 aliphatic heterocycles. The van der Waals surface area contributed by atoms with E-state index in [9.17, 15) is 9.59 Å². The number of amides is 1. The van der Waals surface area contributed by atoms with Crippen molar-refractivity contribution < 1.29 is 19.4 Å². The van der Waals surface area contributed by atoms with Gasteiger partial charge in [0, 0.05) is 12.6 Å². The molecule has 2 fully saturated rings. The zero-order valence-corrected chi connectivity index (χ0v) is 9.13. The smallest absolute Gasteiger partial charge is 0.407 e. The summed E-state index contributed by atoms with van der Waals surface area (Å²) in [4.78, 5) is 23.4. The number of carboxylic acid groups (broad SMARTS) is 1. The van der Waals surface area contributed by atoms with Gasteiger partial charge in [0.25, 0.3) is 0 Å². The summed E-state index contributed by atoms with van der Waals surface area (Å²) in [5, 5.41) is 8.97. The lowest BCUT2D eigenvalue weighted by Gasteiger charge is -2.21. The zero-order chi connectivity index (χ0) is 11.7. The minimum atomic E-state index is -0.911. The number of hydrogen-bond acceptors (Lipinski definition) is 3. The van der Waals surface area contributed by atoms with Crippen LogP contribution in [0.2, 0.25) is 0 Å². The van der Waals surface area contributed by atoms with Crippen molar-refractivity contribution in [3.05, 3.63) is 12.2 Å². The Balaban J connectivity index is 1.97. The van der Waals surface area contributed by atoms with E-state index in [1.54, 1.807) is 13.0 Å². The van der Waals surface area contributed by atoms with Crippen molar-refractivity contribution in [2.24, 2.45) is 11.8 Å². The summed E-state index contributed by atoms with van der Waals surface area (Å²) in [7, 11) is 0. The standard InChI is InChI=1S/C11H15NO4/c1-2-16-10(13)4-3-9-8-5-7(8)6-12(9)11(14)15/h3-4,7-9H,2,5-6H2,1H3,(H,14,15)/b4-3+/t7-,8-,9-/m1/s1. The number of fused-ring (bicyclic) bond motifs is 1. The molecule has 0 unspecified atom stereocenters. The van der Waals surface area contributed by atoms with E-state index in [-0.39, 0.29) is 6.04 Å². The first-order chi connectivity index (χ1) is 7.63. The number of carbonyl (C=O) groups is 2. The molecule has 1 saturated carbocycles. The highest BCUT2D eigenvalue weighted by Gasteiger charge is 2.53. The number of hydrogen-bond donors (Lipinski definition) is 1. The highest BCUT2D eigenvalue weighted by Crippen LogP contribution is 2.49. The number of piperidine rings is 1. The van der Waals surface area contributed by atoms with Crippen LogP contribution >= 0.6 is 0 Å². The van der Waals surface area contributed by atoms with Gasteiger partial charge in [-0.15, -0.1) is 0 Å². The highest BCUT2D eigenvalue weighted by molar-refractivity contribution is 5.82. The van der Waals surface area contributed by atoms with Gasteiger partial charge in [0.15, 0.2) is 0 Å². The van der Waals surface area contributed by atoms with Gasteiger partial charge in [-0.3, -0.25) is 0 Å². The van der Waals surface area contributed by atoms with E-state index in [0.717, 1.165) is 6.42 Å². The second kappa shape index (κ2) is 4.15. The molecule has 0 spiro atoms. The SMILES string of the molecule is CCOC(=O)/C=C/[C@@H]1[C@@H]2C[C@@H]2CN1C(=O)O. The molecule has 1 heterocycles. The number of nitrogens with zero attached hydrogens (tertiary/aromatic N) is 1. The van der Waals surface area contributed by atoms with Crippen molar-refractivity contribution in [1.82, 2.24) is 4.90 Å². The molecule has 16 heavy (non-hydrogen) atoms. The Labute approximate surface area is 93.7 Å². The van der Waals surface area contributed by atoms with Crippen LogP contribution in [0.25, 0.3) is 0 Å². The van der Waals surface area contributed by atoms with E-state index >= 15 is 0 Å². The Morgan fingerprint density at radius 3 is 2.94 bits per heavy atom. The molecule has 1 saturated heterocycles. The highest BCUT2D eigenvalue weighted by atomic mass is 16.5. The molecule has 1 amide bonds. The zero-order valence-electron chi connectivity index (χ0n) is 9.13. The van der Waals surface area contributed by atoms with E-state index in [1.807, 2.05) is 0 Å². The van der Waals surface area contributed by atoms with E-state index in [0.29, 0.717) is 25.0 Å². The summed E-state index contributed by atoms with van der Waals surface area (Å²) in [5.74, 6) is 0.492. The second-order valence-corrected chi connectivity index (χ2v) is 4.20. The van der Waals surface area contributed by atoms with Crippen molar-refractivity contribution in [2.45, 2.75) is 19.4 Å². The summed E-state index contributed by atoms with van der Waals surface area (Å²) in [5.41, 5.74) is 0. The van der Waals surface area contributed by atoms with Crippen LogP contribution in [0.1, 0.15) is 13.3 Å². The van der Waals surface area contributed by atoms with E-state index in [2.05, 4.69) is 0 Å². The summed E-state index contributed by atoms with van der Waals surface area (Å²) >= 11 is 0. The van der Waals surface area contributed by atoms with Crippen molar-refractivity contribution in [3.8, 4) is 0 Å². The van der Waals surface area contributed by atoms with Crippen LogP contribution in [0.3, 0.4) is 0 Å². The van der Waals surface area contributed by atoms with Gasteiger partial charge < -0.3 is 14.7 Å². The summed E-state index contributed by atoms with van der Waals surface area (Å²) in [6.07, 6.45) is 3.15.